The van der Waals surface area contributed by atoms with Crippen LogP contribution in [0.25, 0.3) is 11.0 Å². The van der Waals surface area contributed by atoms with E-state index in [4.69, 9.17) is 9.15 Å². The van der Waals surface area contributed by atoms with Crippen molar-refractivity contribution in [2.75, 3.05) is 0 Å². The molecule has 2 aromatic rings. The standard InChI is InChI=1S/C11H8O6/c1-5(12)16-7-4-2-3-6-8(13)9(14)11(15)17-10(6)7/h2-4,13-14H,1H3. The van der Waals surface area contributed by atoms with Crippen LogP contribution in [0.1, 0.15) is 6.92 Å². The van der Waals surface area contributed by atoms with Gasteiger partial charge in [0.1, 0.15) is 0 Å². The third-order valence-corrected chi connectivity index (χ3v) is 2.10. The van der Waals surface area contributed by atoms with Gasteiger partial charge >= 0.3 is 11.6 Å². The summed E-state index contributed by atoms with van der Waals surface area (Å²) in [7, 11) is 0. The molecule has 2 rings (SSSR count). The fourth-order valence-corrected chi connectivity index (χ4v) is 1.41. The van der Waals surface area contributed by atoms with Crippen LogP contribution in [-0.2, 0) is 4.79 Å². The molecule has 1 aromatic carbocycles. The molecule has 1 heterocycles. The first kappa shape index (κ1) is 11.0. The summed E-state index contributed by atoms with van der Waals surface area (Å²) in [4.78, 5) is 22.0. The lowest BCUT2D eigenvalue weighted by molar-refractivity contribution is -0.131. The van der Waals surface area contributed by atoms with Crippen molar-refractivity contribution in [2.24, 2.45) is 0 Å². The van der Waals surface area contributed by atoms with Gasteiger partial charge in [-0.05, 0) is 12.1 Å². The number of ether oxygens (including phenoxy) is 1. The maximum Gasteiger partial charge on any atom is 0.382 e. The van der Waals surface area contributed by atoms with Crippen molar-refractivity contribution in [1.82, 2.24) is 0 Å². The molecule has 6 heteroatoms. The van der Waals surface area contributed by atoms with Gasteiger partial charge in [0.25, 0.3) is 0 Å². The maximum atomic E-state index is 11.2. The summed E-state index contributed by atoms with van der Waals surface area (Å²) in [6.45, 7) is 1.19. The molecule has 17 heavy (non-hydrogen) atoms. The Hall–Kier alpha value is -2.50. The van der Waals surface area contributed by atoms with E-state index in [9.17, 15) is 19.8 Å². The molecular weight excluding hydrogens is 228 g/mol. The number of hydrogen-bond donors (Lipinski definition) is 2. The molecule has 0 aliphatic heterocycles. The van der Waals surface area contributed by atoms with Gasteiger partial charge in [-0.1, -0.05) is 6.07 Å². The first-order valence-corrected chi connectivity index (χ1v) is 4.67. The van der Waals surface area contributed by atoms with Crippen molar-refractivity contribution in [3.05, 3.63) is 28.6 Å². The lowest BCUT2D eigenvalue weighted by Gasteiger charge is -2.06. The van der Waals surface area contributed by atoms with Crippen LogP contribution in [0.3, 0.4) is 0 Å². The summed E-state index contributed by atoms with van der Waals surface area (Å²) in [5.41, 5.74) is -1.20. The highest BCUT2D eigenvalue weighted by Gasteiger charge is 2.16. The smallest absolute Gasteiger partial charge is 0.382 e. The van der Waals surface area contributed by atoms with Crippen LogP contribution in [0.5, 0.6) is 17.2 Å². The highest BCUT2D eigenvalue weighted by Crippen LogP contribution is 2.34. The number of esters is 1. The largest absolute Gasteiger partial charge is 0.504 e. The number of para-hydroxylation sites is 1. The van der Waals surface area contributed by atoms with E-state index in [0.29, 0.717) is 0 Å². The van der Waals surface area contributed by atoms with E-state index in [0.717, 1.165) is 0 Å². The Morgan fingerprint density at radius 3 is 2.65 bits per heavy atom. The minimum absolute atomic E-state index is 0.00222. The van der Waals surface area contributed by atoms with E-state index in [1.54, 1.807) is 0 Å². The van der Waals surface area contributed by atoms with Crippen molar-refractivity contribution in [1.29, 1.82) is 0 Å². The molecule has 0 bridgehead atoms. The zero-order chi connectivity index (χ0) is 12.6. The lowest BCUT2D eigenvalue weighted by atomic mass is 10.2. The van der Waals surface area contributed by atoms with Crippen LogP contribution in [-0.4, -0.2) is 16.2 Å². The zero-order valence-corrected chi connectivity index (χ0v) is 8.76. The second-order valence-electron chi connectivity index (χ2n) is 3.31. The van der Waals surface area contributed by atoms with Gasteiger partial charge in [-0.15, -0.1) is 0 Å². The lowest BCUT2D eigenvalue weighted by Crippen LogP contribution is -2.04. The average molecular weight is 236 g/mol. The van der Waals surface area contributed by atoms with Crippen LogP contribution >= 0.6 is 0 Å². The molecule has 88 valence electrons. The molecule has 6 nitrogen and oxygen atoms in total. The third-order valence-electron chi connectivity index (χ3n) is 2.10. The molecule has 0 aliphatic carbocycles. The number of fused-ring (bicyclic) bond motifs is 1. The predicted molar refractivity (Wildman–Crippen MR) is 57.1 cm³/mol. The van der Waals surface area contributed by atoms with Gasteiger partial charge in [0.2, 0.25) is 5.75 Å². The molecule has 0 radical (unpaired) electrons. The van der Waals surface area contributed by atoms with Crippen molar-refractivity contribution in [2.45, 2.75) is 6.92 Å². The highest BCUT2D eigenvalue weighted by atomic mass is 16.5. The number of benzene rings is 1. The topological polar surface area (TPSA) is 97.0 Å². The average Bonchev–Trinajstić information content (AvgIpc) is 2.27. The summed E-state index contributed by atoms with van der Waals surface area (Å²) < 4.78 is 9.58. The minimum Gasteiger partial charge on any atom is -0.504 e. The Morgan fingerprint density at radius 2 is 2.00 bits per heavy atom. The van der Waals surface area contributed by atoms with Crippen LogP contribution in [0.15, 0.2) is 27.4 Å². The first-order chi connectivity index (χ1) is 8.00. The number of aromatic hydroxyl groups is 2. The van der Waals surface area contributed by atoms with Crippen molar-refractivity contribution < 1.29 is 24.2 Å². The molecule has 0 unspecified atom stereocenters. The van der Waals surface area contributed by atoms with E-state index in [1.165, 1.54) is 25.1 Å². The normalized spacial score (nSPS) is 10.4. The second kappa shape index (κ2) is 3.82. The Morgan fingerprint density at radius 1 is 1.29 bits per heavy atom. The molecule has 0 saturated heterocycles. The van der Waals surface area contributed by atoms with Gasteiger partial charge < -0.3 is 19.4 Å². The van der Waals surface area contributed by atoms with Gasteiger partial charge in [-0.3, -0.25) is 4.79 Å². The van der Waals surface area contributed by atoms with E-state index in [1.807, 2.05) is 0 Å². The second-order valence-corrected chi connectivity index (χ2v) is 3.31. The van der Waals surface area contributed by atoms with Crippen LogP contribution in [0.2, 0.25) is 0 Å². The van der Waals surface area contributed by atoms with Gasteiger partial charge in [-0.2, -0.15) is 0 Å². The quantitative estimate of drug-likeness (QED) is 0.437. The first-order valence-electron chi connectivity index (χ1n) is 4.67. The fourth-order valence-electron chi connectivity index (χ4n) is 1.41. The van der Waals surface area contributed by atoms with E-state index in [-0.39, 0.29) is 16.7 Å². The number of carbonyl (C=O) groups excluding carboxylic acids is 1. The van der Waals surface area contributed by atoms with Crippen LogP contribution < -0.4 is 10.4 Å². The van der Waals surface area contributed by atoms with Gasteiger partial charge in [0.05, 0.1) is 5.39 Å². The molecule has 0 atom stereocenters. The Kier molecular flexibility index (Phi) is 2.47. The van der Waals surface area contributed by atoms with Crippen molar-refractivity contribution in [3.63, 3.8) is 0 Å². The summed E-state index contributed by atoms with van der Waals surface area (Å²) in [6, 6.07) is 4.31. The Balaban J connectivity index is 2.81. The maximum absolute atomic E-state index is 11.2. The summed E-state index contributed by atoms with van der Waals surface area (Å²) in [5, 5.41) is 18.8. The summed E-state index contributed by atoms with van der Waals surface area (Å²) in [6.07, 6.45) is 0. The molecule has 0 amide bonds. The molecule has 1 aromatic heterocycles. The van der Waals surface area contributed by atoms with Crippen LogP contribution in [0.4, 0.5) is 0 Å². The number of rotatable bonds is 1. The van der Waals surface area contributed by atoms with E-state index >= 15 is 0 Å². The minimum atomic E-state index is -1.10. The number of carbonyl (C=O) groups is 1. The van der Waals surface area contributed by atoms with Crippen molar-refractivity contribution in [3.8, 4) is 17.2 Å². The molecule has 0 fully saturated rings. The molecule has 0 spiro atoms. The SMILES string of the molecule is CC(=O)Oc1cccc2c(O)c(O)c(=O)oc12. The highest BCUT2D eigenvalue weighted by molar-refractivity contribution is 5.90. The predicted octanol–water partition coefficient (Wildman–Crippen LogP) is 1.13. The van der Waals surface area contributed by atoms with Gasteiger partial charge in [-0.25, -0.2) is 4.79 Å². The van der Waals surface area contributed by atoms with Crippen LogP contribution in [0, 0.1) is 0 Å². The van der Waals surface area contributed by atoms with Gasteiger partial charge in [0, 0.05) is 6.92 Å². The summed E-state index contributed by atoms with van der Waals surface area (Å²) in [5.74, 6) is -2.07. The zero-order valence-electron chi connectivity index (χ0n) is 8.76. The van der Waals surface area contributed by atoms with E-state index in [2.05, 4.69) is 0 Å². The molecular formula is C11H8O6. The van der Waals surface area contributed by atoms with E-state index < -0.39 is 23.1 Å². The van der Waals surface area contributed by atoms with Crippen molar-refractivity contribution >= 4 is 16.9 Å². The molecule has 0 aliphatic rings. The fraction of sp³-hybridized carbons (Fsp3) is 0.0909. The molecule has 2 N–H and O–H groups in total. The van der Waals surface area contributed by atoms with Gasteiger partial charge in [0.15, 0.2) is 17.1 Å². The summed E-state index contributed by atoms with van der Waals surface area (Å²) >= 11 is 0. The Labute approximate surface area is 94.7 Å². The monoisotopic (exact) mass is 236 g/mol. The third kappa shape index (κ3) is 1.80. The Bertz CT molecular complexity index is 655. The number of hydrogen-bond acceptors (Lipinski definition) is 6. The molecule has 0 saturated carbocycles.